The molecule has 0 saturated carbocycles. The van der Waals surface area contributed by atoms with E-state index < -0.39 is 122 Å². The second-order valence-corrected chi connectivity index (χ2v) is 21.7. The maximum absolute atomic E-state index is 13.1. The van der Waals surface area contributed by atoms with Gasteiger partial charge in [0.05, 0.1) is 63.0 Å². The topological polar surface area (TPSA) is 152 Å². The van der Waals surface area contributed by atoms with Gasteiger partial charge in [0.2, 0.25) is 0 Å². The fourth-order valence-electron chi connectivity index (χ4n) is 7.23. The number of hydrogen-bond acceptors (Lipinski definition) is 12. The highest BCUT2D eigenvalue weighted by Crippen LogP contribution is 2.41. The maximum atomic E-state index is 13.1. The minimum Gasteiger partial charge on any atom is -0.508 e. The van der Waals surface area contributed by atoms with E-state index in [0.29, 0.717) is 11.0 Å². The van der Waals surface area contributed by atoms with Gasteiger partial charge in [0.15, 0.2) is 6.61 Å². The van der Waals surface area contributed by atoms with Gasteiger partial charge in [0.1, 0.15) is 11.5 Å². The summed E-state index contributed by atoms with van der Waals surface area (Å²) in [6, 6.07) is 12.1. The van der Waals surface area contributed by atoms with E-state index in [2.05, 4.69) is 4.74 Å². The minimum absolute atomic E-state index is 0.0153. The quantitative estimate of drug-likeness (QED) is 0.0920. The number of aromatic hydroxyl groups is 1. The summed E-state index contributed by atoms with van der Waals surface area (Å²) < 4.78 is 197. The van der Waals surface area contributed by atoms with Crippen molar-refractivity contribution in [2.24, 2.45) is 0 Å². The molecule has 79 heavy (non-hydrogen) atoms. The second-order valence-electron chi connectivity index (χ2n) is 21.7. The molecular weight excluding hydrogens is 1080 g/mol. The molecule has 4 aromatic rings. The van der Waals surface area contributed by atoms with Crippen molar-refractivity contribution in [1.29, 1.82) is 0 Å². The van der Waals surface area contributed by atoms with Crippen LogP contribution in [0.3, 0.4) is 0 Å². The number of alkyl halides is 12. The van der Waals surface area contributed by atoms with Gasteiger partial charge >= 0.3 is 59.1 Å². The molecular formula is C51H62B4F12O12. The van der Waals surface area contributed by atoms with Crippen LogP contribution in [0.2, 0.25) is 0 Å². The first-order valence-electron chi connectivity index (χ1n) is 24.2. The van der Waals surface area contributed by atoms with Crippen molar-refractivity contribution in [1.82, 2.24) is 0 Å². The third kappa shape index (κ3) is 16.2. The molecule has 3 saturated heterocycles. The van der Waals surface area contributed by atoms with Crippen LogP contribution in [0.5, 0.6) is 11.5 Å². The molecule has 0 aromatic heterocycles. The molecule has 434 valence electrons. The Kier molecular flexibility index (Phi) is 19.8. The molecule has 0 atom stereocenters. The summed E-state index contributed by atoms with van der Waals surface area (Å²) in [5.41, 5.74) is -5.76. The number of phenols is 1. The Balaban J connectivity index is 0.000000231. The minimum atomic E-state index is -4.53. The van der Waals surface area contributed by atoms with Crippen LogP contribution in [0.4, 0.5) is 52.7 Å². The number of carbonyl (C=O) groups is 1. The average molecular weight is 1140 g/mol. The van der Waals surface area contributed by atoms with Crippen molar-refractivity contribution in [2.45, 2.75) is 155 Å². The molecule has 3 heterocycles. The Morgan fingerprint density at radius 1 is 0.481 bits per heavy atom. The summed E-state index contributed by atoms with van der Waals surface area (Å²) in [7, 11) is -3.55. The Morgan fingerprint density at radius 3 is 1.15 bits per heavy atom. The molecule has 3 aliphatic rings. The van der Waals surface area contributed by atoms with Gasteiger partial charge in [-0.2, -0.15) is 52.7 Å². The number of ether oxygens (including phenoxy) is 2. The number of benzene rings is 4. The lowest BCUT2D eigenvalue weighted by atomic mass is 9.75. The standard InChI is InChI=1S/C16H20BF3O5.C14H18BF3O2.C13H16BF3O3.C8H8BF3O2/c1-14(2)15(3,4)25-17(24-14)11-8-10(16(18,19)20)6-7-12(11)23-9-13(21)22-5;1-9-6-7-10(14(16,17)18)8-11(9)15-19-12(2,3)13(4,5)20-15;1-11(2)12(3,4)20-14(19-11)9-7-8(13(15,16)17)5-6-10(9)18;1-5-2-3-6(8(10,11)12)4-7(5)9(13)14/h6-8H,9H2,1-5H3;6-8H,1-5H3;5-7,18H,1-4H3;2-4,13-14H,1H3. The van der Waals surface area contributed by atoms with Crippen LogP contribution >= 0.6 is 0 Å². The zero-order valence-electron chi connectivity index (χ0n) is 46.0. The largest absolute Gasteiger partial charge is 0.508 e. The molecule has 7 rings (SSSR count). The molecule has 4 aromatic carbocycles. The van der Waals surface area contributed by atoms with Gasteiger partial charge in [0.25, 0.3) is 0 Å². The van der Waals surface area contributed by atoms with Crippen molar-refractivity contribution in [3.05, 3.63) is 106 Å². The summed E-state index contributed by atoms with van der Waals surface area (Å²) >= 11 is 0. The van der Waals surface area contributed by atoms with E-state index in [-0.39, 0.29) is 27.9 Å². The Morgan fingerprint density at radius 2 is 0.785 bits per heavy atom. The second kappa shape index (κ2) is 23.5. The summed E-state index contributed by atoms with van der Waals surface area (Å²) in [6.45, 7) is 24.6. The maximum Gasteiger partial charge on any atom is 0.498 e. The van der Waals surface area contributed by atoms with Gasteiger partial charge in [-0.1, -0.05) is 29.3 Å². The number of esters is 1. The van der Waals surface area contributed by atoms with E-state index in [1.807, 2.05) is 27.7 Å². The van der Waals surface area contributed by atoms with Crippen molar-refractivity contribution in [2.75, 3.05) is 13.7 Å². The number of carbonyl (C=O) groups excluding carboxylic acids is 1. The molecule has 0 unspecified atom stereocenters. The highest BCUT2D eigenvalue weighted by molar-refractivity contribution is 6.64. The Labute approximate surface area is 451 Å². The predicted octanol–water partition coefficient (Wildman–Crippen LogP) is 9.27. The number of methoxy groups -OCH3 is 1. The summed E-state index contributed by atoms with van der Waals surface area (Å²) in [4.78, 5) is 11.3. The fourth-order valence-corrected chi connectivity index (χ4v) is 7.23. The van der Waals surface area contributed by atoms with E-state index >= 15 is 0 Å². The van der Waals surface area contributed by atoms with Crippen LogP contribution in [0.25, 0.3) is 0 Å². The third-order valence-corrected chi connectivity index (χ3v) is 14.3. The lowest BCUT2D eigenvalue weighted by Gasteiger charge is -2.32. The summed E-state index contributed by atoms with van der Waals surface area (Å²) in [5, 5.41) is 27.3. The average Bonchev–Trinajstić information content (AvgIpc) is 3.76. The van der Waals surface area contributed by atoms with Gasteiger partial charge in [-0.3, -0.25) is 0 Å². The number of hydrogen-bond donors (Lipinski definition) is 3. The van der Waals surface area contributed by atoms with E-state index in [4.69, 9.17) is 42.7 Å². The number of aryl methyl sites for hydroxylation is 2. The summed E-state index contributed by atoms with van der Waals surface area (Å²) in [5.74, 6) is -0.867. The van der Waals surface area contributed by atoms with Gasteiger partial charge in [-0.25, -0.2) is 4.79 Å². The lowest BCUT2D eigenvalue weighted by Crippen LogP contribution is -2.41. The molecule has 0 amide bonds. The Hall–Kier alpha value is -4.95. The van der Waals surface area contributed by atoms with Gasteiger partial charge in [-0.05, 0) is 162 Å². The monoisotopic (exact) mass is 1140 g/mol. The fraction of sp³-hybridized carbons (Fsp3) is 0.510. The van der Waals surface area contributed by atoms with Crippen LogP contribution in [0.1, 0.15) is 116 Å². The normalized spacial score (nSPS) is 18.8. The van der Waals surface area contributed by atoms with Crippen molar-refractivity contribution in [3.63, 3.8) is 0 Å². The molecule has 3 aliphatic heterocycles. The molecule has 3 fully saturated rings. The van der Waals surface area contributed by atoms with E-state index in [1.165, 1.54) is 26.2 Å². The van der Waals surface area contributed by atoms with Crippen LogP contribution in [0.15, 0.2) is 72.8 Å². The van der Waals surface area contributed by atoms with Crippen molar-refractivity contribution in [3.8, 4) is 11.5 Å². The molecule has 3 N–H and O–H groups in total. The molecule has 0 bridgehead atoms. The zero-order valence-corrected chi connectivity index (χ0v) is 46.0. The van der Waals surface area contributed by atoms with Crippen molar-refractivity contribution < 1.29 is 110 Å². The molecule has 12 nitrogen and oxygen atoms in total. The van der Waals surface area contributed by atoms with Crippen molar-refractivity contribution >= 4 is 56.3 Å². The first kappa shape index (κ1) is 66.6. The van der Waals surface area contributed by atoms with E-state index in [9.17, 15) is 62.6 Å². The van der Waals surface area contributed by atoms with Crippen LogP contribution in [-0.2, 0) is 62.2 Å². The zero-order chi connectivity index (χ0) is 60.7. The van der Waals surface area contributed by atoms with Crippen LogP contribution in [-0.4, -0.2) is 96.9 Å². The molecule has 0 spiro atoms. The number of halogens is 12. The number of phenolic OH excluding ortho intramolecular Hbond substituents is 1. The third-order valence-electron chi connectivity index (χ3n) is 14.3. The first-order valence-corrected chi connectivity index (χ1v) is 24.2. The molecule has 28 heteroatoms. The number of rotatable bonds is 7. The van der Waals surface area contributed by atoms with Gasteiger partial charge in [-0.15, -0.1) is 0 Å². The van der Waals surface area contributed by atoms with E-state index in [1.54, 1.807) is 62.3 Å². The summed E-state index contributed by atoms with van der Waals surface area (Å²) in [6.07, 6.45) is -17.8. The SMILES string of the molecule is CC1(C)OB(c2cc(C(F)(F)F)ccc2O)OC1(C)C.COC(=O)COc1ccc(C(F)(F)F)cc1B1OC(C)(C)C(C)(C)O1.Cc1ccc(C(F)(F)F)cc1B(O)O.Cc1ccc(C(F)(F)F)cc1B1OC(C)(C)C(C)(C)O1. The highest BCUT2D eigenvalue weighted by Gasteiger charge is 2.55. The molecule has 0 radical (unpaired) electrons. The van der Waals surface area contributed by atoms with Crippen LogP contribution in [0, 0.1) is 13.8 Å². The molecule has 0 aliphatic carbocycles. The highest BCUT2D eigenvalue weighted by atomic mass is 19.4. The van der Waals surface area contributed by atoms with Gasteiger partial charge in [0, 0.05) is 10.9 Å². The lowest BCUT2D eigenvalue weighted by molar-refractivity contribution is -0.143. The predicted molar refractivity (Wildman–Crippen MR) is 271 cm³/mol. The van der Waals surface area contributed by atoms with E-state index in [0.717, 1.165) is 66.2 Å². The smallest absolute Gasteiger partial charge is 0.498 e. The van der Waals surface area contributed by atoms with Crippen LogP contribution < -0.4 is 26.6 Å². The Bertz CT molecular complexity index is 2640. The first-order chi connectivity index (χ1) is 35.6. The van der Waals surface area contributed by atoms with Gasteiger partial charge < -0.3 is 52.6 Å².